The van der Waals surface area contributed by atoms with Gasteiger partial charge in [-0.15, -0.1) is 0 Å². The standard InChI is InChI=1S/C18H28N2O/c1-11-5-8-16(21)18-15(9-12(2)17(11)18)19-10-13(3)20(4)14-6-7-14/h5,8,12-15,19,21H,6-7,9-10H2,1-4H3. The smallest absolute Gasteiger partial charge is 0.120 e. The van der Waals surface area contributed by atoms with Gasteiger partial charge in [0.2, 0.25) is 0 Å². The summed E-state index contributed by atoms with van der Waals surface area (Å²) in [5.41, 5.74) is 3.81. The lowest BCUT2D eigenvalue weighted by Gasteiger charge is -2.26. The van der Waals surface area contributed by atoms with Gasteiger partial charge in [0, 0.05) is 30.2 Å². The summed E-state index contributed by atoms with van der Waals surface area (Å²) >= 11 is 0. The van der Waals surface area contributed by atoms with Crippen LogP contribution in [0.5, 0.6) is 5.75 Å². The minimum atomic E-state index is 0.296. The van der Waals surface area contributed by atoms with E-state index in [1.165, 1.54) is 24.0 Å². The third-order valence-electron chi connectivity index (χ3n) is 5.39. The van der Waals surface area contributed by atoms with Gasteiger partial charge in [0.05, 0.1) is 0 Å². The maximum absolute atomic E-state index is 10.3. The number of hydrogen-bond donors (Lipinski definition) is 2. The molecule has 1 fully saturated rings. The normalized spacial score (nSPS) is 26.1. The van der Waals surface area contributed by atoms with Gasteiger partial charge in [0.25, 0.3) is 0 Å². The van der Waals surface area contributed by atoms with E-state index in [2.05, 4.69) is 38.0 Å². The second-order valence-corrected chi connectivity index (χ2v) is 7.07. The second-order valence-electron chi connectivity index (χ2n) is 7.07. The predicted molar refractivity (Wildman–Crippen MR) is 86.9 cm³/mol. The van der Waals surface area contributed by atoms with Crippen LogP contribution in [0.25, 0.3) is 0 Å². The first kappa shape index (κ1) is 14.9. The Morgan fingerprint density at radius 3 is 2.71 bits per heavy atom. The highest BCUT2D eigenvalue weighted by Gasteiger charge is 2.33. The van der Waals surface area contributed by atoms with Gasteiger partial charge in [-0.2, -0.15) is 0 Å². The molecule has 0 spiro atoms. The molecule has 0 radical (unpaired) electrons. The highest BCUT2D eigenvalue weighted by Crippen LogP contribution is 2.45. The second kappa shape index (κ2) is 5.62. The molecule has 0 aromatic heterocycles. The minimum Gasteiger partial charge on any atom is -0.508 e. The van der Waals surface area contributed by atoms with Crippen LogP contribution in [-0.2, 0) is 0 Å². The summed E-state index contributed by atoms with van der Waals surface area (Å²) < 4.78 is 0. The van der Waals surface area contributed by atoms with Crippen molar-refractivity contribution in [3.05, 3.63) is 28.8 Å². The number of benzene rings is 1. The van der Waals surface area contributed by atoms with Crippen LogP contribution in [0.3, 0.4) is 0 Å². The summed E-state index contributed by atoms with van der Waals surface area (Å²) in [6, 6.07) is 5.53. The lowest BCUT2D eigenvalue weighted by Crippen LogP contribution is -2.40. The highest BCUT2D eigenvalue weighted by atomic mass is 16.3. The van der Waals surface area contributed by atoms with E-state index in [1.54, 1.807) is 0 Å². The molecule has 21 heavy (non-hydrogen) atoms. The van der Waals surface area contributed by atoms with Gasteiger partial charge >= 0.3 is 0 Å². The lowest BCUT2D eigenvalue weighted by molar-refractivity contribution is 0.234. The summed E-state index contributed by atoms with van der Waals surface area (Å²) in [5.74, 6) is 0.988. The molecule has 1 saturated carbocycles. The SMILES string of the molecule is Cc1ccc(O)c2c1C(C)CC2NCC(C)N(C)C1CC1. The van der Waals surface area contributed by atoms with Gasteiger partial charge in [0.15, 0.2) is 0 Å². The molecule has 1 aromatic carbocycles. The molecule has 116 valence electrons. The van der Waals surface area contributed by atoms with Gasteiger partial charge < -0.3 is 10.4 Å². The van der Waals surface area contributed by atoms with Crippen LogP contribution in [-0.4, -0.2) is 35.7 Å². The average molecular weight is 288 g/mol. The number of phenolic OH excluding ortho intramolecular Hbond substituents is 1. The summed E-state index contributed by atoms with van der Waals surface area (Å²) in [6.45, 7) is 7.70. The number of nitrogens with zero attached hydrogens (tertiary/aromatic N) is 1. The largest absolute Gasteiger partial charge is 0.508 e. The zero-order valence-corrected chi connectivity index (χ0v) is 13.7. The first-order valence-corrected chi connectivity index (χ1v) is 8.26. The van der Waals surface area contributed by atoms with Gasteiger partial charge in [0.1, 0.15) is 5.75 Å². The number of phenols is 1. The predicted octanol–water partition coefficient (Wildman–Crippen LogP) is 3.32. The molecule has 3 nitrogen and oxygen atoms in total. The zero-order valence-electron chi connectivity index (χ0n) is 13.7. The number of fused-ring (bicyclic) bond motifs is 1. The van der Waals surface area contributed by atoms with Crippen LogP contribution >= 0.6 is 0 Å². The molecule has 0 aliphatic heterocycles. The van der Waals surface area contributed by atoms with Crippen molar-refractivity contribution in [3.63, 3.8) is 0 Å². The molecule has 0 heterocycles. The topological polar surface area (TPSA) is 35.5 Å². The molecule has 0 saturated heterocycles. The molecular weight excluding hydrogens is 260 g/mol. The lowest BCUT2D eigenvalue weighted by atomic mass is 9.97. The molecule has 2 aliphatic carbocycles. The van der Waals surface area contributed by atoms with Crippen molar-refractivity contribution in [1.29, 1.82) is 0 Å². The van der Waals surface area contributed by atoms with E-state index in [9.17, 15) is 5.11 Å². The summed E-state index contributed by atoms with van der Waals surface area (Å²) in [4.78, 5) is 2.49. The Balaban J connectivity index is 1.70. The highest BCUT2D eigenvalue weighted by molar-refractivity contribution is 5.50. The van der Waals surface area contributed by atoms with Crippen LogP contribution in [0.4, 0.5) is 0 Å². The summed E-state index contributed by atoms with van der Waals surface area (Å²) in [5, 5.41) is 14.0. The van der Waals surface area contributed by atoms with Crippen LogP contribution < -0.4 is 5.32 Å². The maximum atomic E-state index is 10.3. The van der Waals surface area contributed by atoms with Crippen LogP contribution in [0.1, 0.15) is 61.8 Å². The van der Waals surface area contributed by atoms with Crippen molar-refractivity contribution in [2.24, 2.45) is 0 Å². The Labute approximate surface area is 128 Å². The number of rotatable bonds is 5. The van der Waals surface area contributed by atoms with Crippen LogP contribution in [0.15, 0.2) is 12.1 Å². The molecule has 1 aromatic rings. The molecule has 3 unspecified atom stereocenters. The van der Waals surface area contributed by atoms with Gasteiger partial charge in [-0.3, -0.25) is 4.90 Å². The number of hydrogen-bond acceptors (Lipinski definition) is 3. The Morgan fingerprint density at radius 2 is 2.05 bits per heavy atom. The van der Waals surface area contributed by atoms with E-state index in [0.717, 1.165) is 24.6 Å². The van der Waals surface area contributed by atoms with E-state index >= 15 is 0 Å². The number of aryl methyl sites for hydroxylation is 1. The molecule has 2 N–H and O–H groups in total. The van der Waals surface area contributed by atoms with E-state index in [4.69, 9.17) is 0 Å². The Morgan fingerprint density at radius 1 is 1.33 bits per heavy atom. The van der Waals surface area contributed by atoms with Crippen molar-refractivity contribution < 1.29 is 5.11 Å². The fraction of sp³-hybridized carbons (Fsp3) is 0.667. The molecule has 0 amide bonds. The van der Waals surface area contributed by atoms with E-state index in [1.807, 2.05) is 12.1 Å². The van der Waals surface area contributed by atoms with E-state index in [0.29, 0.717) is 23.8 Å². The van der Waals surface area contributed by atoms with Crippen LogP contribution in [0.2, 0.25) is 0 Å². The average Bonchev–Trinajstić information content (AvgIpc) is 3.24. The quantitative estimate of drug-likeness (QED) is 0.872. The van der Waals surface area contributed by atoms with Crippen molar-refractivity contribution in [3.8, 4) is 5.75 Å². The third kappa shape index (κ3) is 2.82. The fourth-order valence-corrected chi connectivity index (χ4v) is 3.83. The molecule has 3 rings (SSSR count). The number of likely N-dealkylation sites (N-methyl/N-ethyl adjacent to an activating group) is 1. The first-order valence-electron chi connectivity index (χ1n) is 8.26. The Kier molecular flexibility index (Phi) is 3.98. The van der Waals surface area contributed by atoms with Crippen LogP contribution in [0, 0.1) is 6.92 Å². The minimum absolute atomic E-state index is 0.296. The fourth-order valence-electron chi connectivity index (χ4n) is 3.83. The molecular formula is C18H28N2O. The monoisotopic (exact) mass is 288 g/mol. The van der Waals surface area contributed by atoms with E-state index < -0.39 is 0 Å². The van der Waals surface area contributed by atoms with Gasteiger partial charge in [-0.1, -0.05) is 13.0 Å². The number of aromatic hydroxyl groups is 1. The Hall–Kier alpha value is -1.06. The zero-order chi connectivity index (χ0) is 15.1. The maximum Gasteiger partial charge on any atom is 0.120 e. The molecule has 0 bridgehead atoms. The number of nitrogens with one attached hydrogen (secondary N) is 1. The van der Waals surface area contributed by atoms with E-state index in [-0.39, 0.29) is 0 Å². The van der Waals surface area contributed by atoms with Crippen molar-refractivity contribution in [2.75, 3.05) is 13.6 Å². The summed E-state index contributed by atoms with van der Waals surface area (Å²) in [7, 11) is 2.23. The molecule has 3 atom stereocenters. The van der Waals surface area contributed by atoms with Crippen molar-refractivity contribution >= 4 is 0 Å². The van der Waals surface area contributed by atoms with Gasteiger partial charge in [-0.05, 0) is 63.3 Å². The van der Waals surface area contributed by atoms with Crippen molar-refractivity contribution in [1.82, 2.24) is 10.2 Å². The third-order valence-corrected chi connectivity index (χ3v) is 5.39. The molecule has 2 aliphatic rings. The first-order chi connectivity index (χ1) is 9.99. The molecule has 3 heteroatoms. The van der Waals surface area contributed by atoms with Gasteiger partial charge in [-0.25, -0.2) is 0 Å². The van der Waals surface area contributed by atoms with Crippen molar-refractivity contribution in [2.45, 2.75) is 64.1 Å². The Bertz CT molecular complexity index is 524. The summed E-state index contributed by atoms with van der Waals surface area (Å²) in [6.07, 6.45) is 3.79.